The van der Waals surface area contributed by atoms with Crippen LogP contribution in [0.25, 0.3) is 6.08 Å². The minimum Gasteiger partial charge on any atom is -0.383 e. The summed E-state index contributed by atoms with van der Waals surface area (Å²) in [6.07, 6.45) is 4.07. The van der Waals surface area contributed by atoms with Crippen LogP contribution in [0.2, 0.25) is 0 Å². The van der Waals surface area contributed by atoms with Crippen LogP contribution in [-0.4, -0.2) is 36.6 Å². The van der Waals surface area contributed by atoms with E-state index in [4.69, 9.17) is 4.74 Å². The molecule has 1 aromatic heterocycles. The van der Waals surface area contributed by atoms with Crippen molar-refractivity contribution in [3.8, 4) is 0 Å². The third-order valence-electron chi connectivity index (χ3n) is 2.56. The summed E-state index contributed by atoms with van der Waals surface area (Å²) in [5.74, 6) is 0. The largest absolute Gasteiger partial charge is 0.383 e. The fourth-order valence-electron chi connectivity index (χ4n) is 1.43. The highest BCUT2D eigenvalue weighted by atomic mass is 16.5. The number of hydrogen-bond donors (Lipinski definition) is 1. The molecule has 0 aliphatic heterocycles. The first-order valence-electron chi connectivity index (χ1n) is 5.50. The average Bonchev–Trinajstić information content (AvgIpc) is 2.56. The van der Waals surface area contributed by atoms with Gasteiger partial charge in [0.15, 0.2) is 0 Å². The van der Waals surface area contributed by atoms with Crippen LogP contribution < -0.4 is 5.32 Å². The highest BCUT2D eigenvalue weighted by Gasteiger charge is 2.00. The molecular weight excluding hydrogens is 202 g/mol. The fraction of sp³-hybridized carbons (Fsp3) is 0.583. The van der Waals surface area contributed by atoms with Crippen molar-refractivity contribution in [3.05, 3.63) is 23.0 Å². The molecule has 0 aliphatic rings. The van der Waals surface area contributed by atoms with Crippen molar-refractivity contribution < 1.29 is 4.74 Å². The van der Waals surface area contributed by atoms with E-state index in [1.54, 1.807) is 7.11 Å². The molecule has 0 aromatic carbocycles. The molecular formula is C12H21N3O. The molecule has 0 fully saturated rings. The quantitative estimate of drug-likeness (QED) is 0.740. The van der Waals surface area contributed by atoms with Crippen molar-refractivity contribution in [2.24, 2.45) is 7.05 Å². The molecule has 16 heavy (non-hydrogen) atoms. The highest BCUT2D eigenvalue weighted by Crippen LogP contribution is 2.10. The topological polar surface area (TPSA) is 39.1 Å². The molecule has 0 spiro atoms. The van der Waals surface area contributed by atoms with Crippen molar-refractivity contribution in [1.29, 1.82) is 0 Å². The first-order chi connectivity index (χ1) is 7.65. The zero-order chi connectivity index (χ0) is 12.0. The van der Waals surface area contributed by atoms with Gasteiger partial charge in [0.25, 0.3) is 0 Å². The number of methoxy groups -OCH3 is 1. The molecule has 0 aliphatic carbocycles. The highest BCUT2D eigenvalue weighted by molar-refractivity contribution is 5.54. The van der Waals surface area contributed by atoms with E-state index in [9.17, 15) is 0 Å². The Labute approximate surface area is 97.3 Å². The Morgan fingerprint density at radius 2 is 2.38 bits per heavy atom. The Kier molecular flexibility index (Phi) is 5.22. The van der Waals surface area contributed by atoms with Gasteiger partial charge in [-0.1, -0.05) is 11.6 Å². The molecule has 0 saturated heterocycles. The van der Waals surface area contributed by atoms with Crippen LogP contribution in [-0.2, 0) is 11.8 Å². The van der Waals surface area contributed by atoms with Gasteiger partial charge in [-0.3, -0.25) is 4.68 Å². The molecule has 90 valence electrons. The summed E-state index contributed by atoms with van der Waals surface area (Å²) in [7, 11) is 3.67. The van der Waals surface area contributed by atoms with E-state index in [0.29, 0.717) is 0 Å². The van der Waals surface area contributed by atoms with Gasteiger partial charge in [0.05, 0.1) is 12.8 Å². The lowest BCUT2D eigenvalue weighted by Gasteiger charge is -2.04. The minimum atomic E-state index is 0.749. The lowest BCUT2D eigenvalue weighted by atomic mass is 10.2. The molecule has 1 aromatic rings. The molecule has 0 saturated carbocycles. The number of aromatic nitrogens is 2. The second-order valence-electron chi connectivity index (χ2n) is 3.97. The summed E-state index contributed by atoms with van der Waals surface area (Å²) in [4.78, 5) is 0. The van der Waals surface area contributed by atoms with Gasteiger partial charge in [-0.05, 0) is 13.8 Å². The van der Waals surface area contributed by atoms with Crippen LogP contribution in [0.15, 0.2) is 11.8 Å². The van der Waals surface area contributed by atoms with Crippen LogP contribution in [0, 0.1) is 6.92 Å². The Bertz CT molecular complexity index is 355. The predicted molar refractivity (Wildman–Crippen MR) is 66.3 cm³/mol. The van der Waals surface area contributed by atoms with Gasteiger partial charge in [-0.25, -0.2) is 0 Å². The molecule has 4 nitrogen and oxygen atoms in total. The van der Waals surface area contributed by atoms with Gasteiger partial charge in [0.1, 0.15) is 0 Å². The number of hydrogen-bond acceptors (Lipinski definition) is 3. The summed E-state index contributed by atoms with van der Waals surface area (Å²) >= 11 is 0. The Morgan fingerprint density at radius 1 is 1.62 bits per heavy atom. The Hall–Kier alpha value is -1.13. The van der Waals surface area contributed by atoms with Gasteiger partial charge >= 0.3 is 0 Å². The third kappa shape index (κ3) is 3.79. The van der Waals surface area contributed by atoms with E-state index in [2.05, 4.69) is 30.3 Å². The second kappa shape index (κ2) is 6.45. The van der Waals surface area contributed by atoms with Gasteiger partial charge in [-0.15, -0.1) is 0 Å². The fourth-order valence-corrected chi connectivity index (χ4v) is 1.43. The molecule has 0 bridgehead atoms. The van der Waals surface area contributed by atoms with Crippen molar-refractivity contribution in [2.45, 2.75) is 13.8 Å². The van der Waals surface area contributed by atoms with Crippen molar-refractivity contribution in [3.63, 3.8) is 0 Å². The number of rotatable bonds is 6. The van der Waals surface area contributed by atoms with Gasteiger partial charge < -0.3 is 10.1 Å². The maximum atomic E-state index is 4.97. The molecule has 4 heteroatoms. The summed E-state index contributed by atoms with van der Waals surface area (Å²) < 4.78 is 6.86. The van der Waals surface area contributed by atoms with Crippen LogP contribution >= 0.6 is 0 Å². The van der Waals surface area contributed by atoms with Crippen molar-refractivity contribution in [1.82, 2.24) is 15.1 Å². The summed E-state index contributed by atoms with van der Waals surface area (Å²) in [6, 6.07) is 0. The first kappa shape index (κ1) is 12.9. The molecule has 0 radical (unpaired) electrons. The normalized spacial score (nSPS) is 12.1. The SMILES string of the molecule is COCCNCC(C)=Cc1cnn(C)c1C. The standard InChI is InChI=1S/C12H21N3O/c1-10(8-13-5-6-16-4)7-12-9-14-15(3)11(12)2/h7,9,13H,5-6,8H2,1-4H3. The van der Waals surface area contributed by atoms with E-state index in [-0.39, 0.29) is 0 Å². The maximum absolute atomic E-state index is 4.97. The maximum Gasteiger partial charge on any atom is 0.0587 e. The second-order valence-corrected chi connectivity index (χ2v) is 3.97. The molecule has 0 amide bonds. The molecule has 1 N–H and O–H groups in total. The van der Waals surface area contributed by atoms with Crippen LogP contribution in [0.5, 0.6) is 0 Å². The minimum absolute atomic E-state index is 0.749. The number of nitrogens with one attached hydrogen (secondary N) is 1. The number of aryl methyl sites for hydroxylation is 1. The first-order valence-corrected chi connectivity index (χ1v) is 5.50. The molecule has 0 unspecified atom stereocenters. The van der Waals surface area contributed by atoms with E-state index >= 15 is 0 Å². The lowest BCUT2D eigenvalue weighted by molar-refractivity contribution is 0.200. The van der Waals surface area contributed by atoms with Gasteiger partial charge in [0.2, 0.25) is 0 Å². The van der Waals surface area contributed by atoms with Crippen LogP contribution in [0.4, 0.5) is 0 Å². The van der Waals surface area contributed by atoms with Crippen molar-refractivity contribution >= 4 is 6.08 Å². The average molecular weight is 223 g/mol. The molecule has 1 rings (SSSR count). The zero-order valence-electron chi connectivity index (χ0n) is 10.6. The van der Waals surface area contributed by atoms with E-state index in [1.807, 2.05) is 17.9 Å². The Morgan fingerprint density at radius 3 is 2.94 bits per heavy atom. The van der Waals surface area contributed by atoms with E-state index in [1.165, 1.54) is 16.8 Å². The predicted octanol–water partition coefficient (Wildman–Crippen LogP) is 1.37. The molecule has 0 atom stereocenters. The van der Waals surface area contributed by atoms with Crippen LogP contribution in [0.3, 0.4) is 0 Å². The van der Waals surface area contributed by atoms with Gasteiger partial charge in [-0.2, -0.15) is 5.10 Å². The Balaban J connectivity index is 2.47. The van der Waals surface area contributed by atoms with E-state index in [0.717, 1.165) is 19.7 Å². The van der Waals surface area contributed by atoms with Crippen molar-refractivity contribution in [2.75, 3.05) is 26.8 Å². The molecule has 1 heterocycles. The van der Waals surface area contributed by atoms with Crippen LogP contribution in [0.1, 0.15) is 18.2 Å². The zero-order valence-corrected chi connectivity index (χ0v) is 10.6. The summed E-state index contributed by atoms with van der Waals surface area (Å²) in [6.45, 7) is 6.71. The lowest BCUT2D eigenvalue weighted by Crippen LogP contribution is -2.20. The summed E-state index contributed by atoms with van der Waals surface area (Å²) in [5.41, 5.74) is 3.68. The monoisotopic (exact) mass is 223 g/mol. The van der Waals surface area contributed by atoms with Gasteiger partial charge in [0, 0.05) is 38.5 Å². The summed E-state index contributed by atoms with van der Waals surface area (Å²) in [5, 5.41) is 7.52. The number of ether oxygens (including phenoxy) is 1. The number of nitrogens with zero attached hydrogens (tertiary/aromatic N) is 2. The smallest absolute Gasteiger partial charge is 0.0587 e. The third-order valence-corrected chi connectivity index (χ3v) is 2.56. The van der Waals surface area contributed by atoms with E-state index < -0.39 is 0 Å².